The Kier molecular flexibility index (Phi) is 5.68. The normalized spacial score (nSPS) is 10.4. The zero-order valence-electron chi connectivity index (χ0n) is 10.4. The first kappa shape index (κ1) is 14.9. The third-order valence-electron chi connectivity index (χ3n) is 2.06. The van der Waals surface area contributed by atoms with Crippen molar-refractivity contribution in [2.75, 3.05) is 0 Å². The number of nitrogens with zero attached hydrogens (tertiary/aromatic N) is 1. The lowest BCUT2D eigenvalue weighted by Crippen LogP contribution is -2.46. The number of aromatic nitrogens is 1. The van der Waals surface area contributed by atoms with Crippen molar-refractivity contribution in [2.45, 2.75) is 13.8 Å². The van der Waals surface area contributed by atoms with Crippen LogP contribution in [-0.2, 0) is 7.05 Å². The van der Waals surface area contributed by atoms with Gasteiger partial charge in [-0.05, 0) is 6.08 Å². The van der Waals surface area contributed by atoms with Crippen LogP contribution in [0.4, 0.5) is 0 Å². The topological polar surface area (TPSA) is 59.3 Å². The number of rotatable bonds is 2. The minimum Gasteiger partial charge on any atom is -0.477 e. The third-order valence-corrected chi connectivity index (χ3v) is 2.06. The summed E-state index contributed by atoms with van der Waals surface area (Å²) in [5.41, 5.74) is -0.802. The number of carboxylic acids is 1. The quantitative estimate of drug-likeness (QED) is 0.811. The molecule has 0 aliphatic rings. The molecule has 0 aromatic carbocycles. The highest BCUT2D eigenvalue weighted by Gasteiger charge is 2.09. The van der Waals surface area contributed by atoms with Crippen LogP contribution in [0.15, 0.2) is 23.6 Å². The summed E-state index contributed by atoms with van der Waals surface area (Å²) in [6.07, 6.45) is 4.14. The summed E-state index contributed by atoms with van der Waals surface area (Å²) in [6.45, 7) is 11.2. The lowest BCUT2D eigenvalue weighted by Gasteiger charge is -2.01. The maximum atomic E-state index is 11.7. The second-order valence-corrected chi connectivity index (χ2v) is 3.05. The summed E-state index contributed by atoms with van der Waals surface area (Å²) in [4.78, 5) is 22.4. The molecule has 0 amide bonds. The van der Waals surface area contributed by atoms with Crippen LogP contribution in [0.2, 0.25) is 0 Å². The molecule has 0 radical (unpaired) electrons. The first-order valence-electron chi connectivity index (χ1n) is 5.23. The molecule has 0 atom stereocenters. The highest BCUT2D eigenvalue weighted by atomic mass is 16.4. The zero-order valence-corrected chi connectivity index (χ0v) is 10.4. The van der Waals surface area contributed by atoms with Gasteiger partial charge in [0, 0.05) is 23.8 Å². The molecule has 0 saturated carbocycles. The van der Waals surface area contributed by atoms with Crippen molar-refractivity contribution in [3.8, 4) is 0 Å². The Morgan fingerprint density at radius 1 is 1.47 bits per heavy atom. The minimum atomic E-state index is -1.24. The fourth-order valence-electron chi connectivity index (χ4n) is 1.24. The molecule has 0 aliphatic heterocycles. The predicted molar refractivity (Wildman–Crippen MR) is 69.4 cm³/mol. The van der Waals surface area contributed by atoms with Crippen LogP contribution in [0.25, 0.3) is 12.7 Å². The van der Waals surface area contributed by atoms with Crippen LogP contribution in [0.3, 0.4) is 0 Å². The van der Waals surface area contributed by atoms with Gasteiger partial charge in [0.05, 0.1) is 0 Å². The van der Waals surface area contributed by atoms with Crippen LogP contribution >= 0.6 is 0 Å². The van der Waals surface area contributed by atoms with Gasteiger partial charge in [-0.25, -0.2) is 4.79 Å². The van der Waals surface area contributed by atoms with Gasteiger partial charge in [0.1, 0.15) is 5.56 Å². The number of pyridine rings is 1. The Bertz CT molecular complexity index is 582. The minimum absolute atomic E-state index is 0.257. The van der Waals surface area contributed by atoms with E-state index >= 15 is 0 Å². The molecule has 1 rings (SSSR count). The van der Waals surface area contributed by atoms with Crippen molar-refractivity contribution < 1.29 is 9.90 Å². The third kappa shape index (κ3) is 3.17. The Balaban J connectivity index is 0.00000121. The van der Waals surface area contributed by atoms with Crippen molar-refractivity contribution in [1.29, 1.82) is 0 Å². The van der Waals surface area contributed by atoms with E-state index in [9.17, 15) is 9.59 Å². The van der Waals surface area contributed by atoms with Gasteiger partial charge in [0.2, 0.25) is 5.43 Å². The van der Waals surface area contributed by atoms with Crippen LogP contribution < -0.4 is 16.0 Å². The number of hydrogen-bond acceptors (Lipinski definition) is 2. The van der Waals surface area contributed by atoms with E-state index in [1.165, 1.54) is 22.9 Å². The van der Waals surface area contributed by atoms with Gasteiger partial charge >= 0.3 is 5.97 Å². The molecule has 4 nitrogen and oxygen atoms in total. The van der Waals surface area contributed by atoms with E-state index in [2.05, 4.69) is 13.2 Å². The lowest BCUT2D eigenvalue weighted by molar-refractivity contribution is 0.0694. The molecule has 1 heterocycles. The second kappa shape index (κ2) is 6.48. The molecule has 92 valence electrons. The fourth-order valence-corrected chi connectivity index (χ4v) is 1.24. The Labute approximate surface area is 99.8 Å². The molecule has 1 aromatic heterocycles. The number of allylic oxidation sites excluding steroid dienone is 1. The van der Waals surface area contributed by atoms with Crippen LogP contribution in [-0.4, -0.2) is 15.6 Å². The number of carboxylic acid groups (broad SMARTS) is 1. The molecule has 4 heteroatoms. The number of hydrogen-bond donors (Lipinski definition) is 1. The summed E-state index contributed by atoms with van der Waals surface area (Å²) in [7, 11) is 1.63. The van der Waals surface area contributed by atoms with Crippen molar-refractivity contribution in [1.82, 2.24) is 4.57 Å². The summed E-state index contributed by atoms with van der Waals surface area (Å²) in [5, 5.41) is 9.52. The van der Waals surface area contributed by atoms with Crippen LogP contribution in [0, 0.1) is 0 Å². The maximum Gasteiger partial charge on any atom is 0.341 e. The second-order valence-electron chi connectivity index (χ2n) is 3.05. The largest absolute Gasteiger partial charge is 0.477 e. The average Bonchev–Trinajstić information content (AvgIpc) is 2.31. The number of aryl methyl sites for hydroxylation is 1. The van der Waals surface area contributed by atoms with Crippen LogP contribution in [0.5, 0.6) is 0 Å². The van der Waals surface area contributed by atoms with E-state index in [4.69, 9.17) is 5.11 Å². The van der Waals surface area contributed by atoms with Crippen molar-refractivity contribution in [3.63, 3.8) is 0 Å². The van der Waals surface area contributed by atoms with Gasteiger partial charge in [0.15, 0.2) is 0 Å². The van der Waals surface area contributed by atoms with Gasteiger partial charge in [-0.1, -0.05) is 33.1 Å². The monoisotopic (exact) mass is 235 g/mol. The Morgan fingerprint density at radius 2 is 2.00 bits per heavy atom. The highest BCUT2D eigenvalue weighted by molar-refractivity contribution is 5.87. The highest BCUT2D eigenvalue weighted by Crippen LogP contribution is 1.84. The molecule has 0 unspecified atom stereocenters. The molecule has 1 aromatic rings. The molecule has 0 fully saturated rings. The molecular weight excluding hydrogens is 218 g/mol. The summed E-state index contributed by atoms with van der Waals surface area (Å²) in [5.74, 6) is -1.24. The van der Waals surface area contributed by atoms with Crippen molar-refractivity contribution in [2.24, 2.45) is 7.05 Å². The molecule has 1 N–H and O–H groups in total. The van der Waals surface area contributed by atoms with Gasteiger partial charge in [-0.15, -0.1) is 0 Å². The zero-order chi connectivity index (χ0) is 13.6. The van der Waals surface area contributed by atoms with E-state index in [0.29, 0.717) is 5.35 Å². The van der Waals surface area contributed by atoms with E-state index < -0.39 is 11.4 Å². The smallest absolute Gasteiger partial charge is 0.341 e. The number of aromatic carboxylic acids is 1. The molecule has 0 saturated heterocycles. The summed E-state index contributed by atoms with van der Waals surface area (Å²) >= 11 is 0. The lowest BCUT2D eigenvalue weighted by atomic mass is 10.2. The number of carbonyl (C=O) groups is 1. The van der Waals surface area contributed by atoms with E-state index in [0.717, 1.165) is 0 Å². The fraction of sp³-hybridized carbons (Fsp3) is 0.231. The van der Waals surface area contributed by atoms with E-state index in [-0.39, 0.29) is 10.8 Å². The Morgan fingerprint density at radius 3 is 2.41 bits per heavy atom. The first-order valence-corrected chi connectivity index (χ1v) is 5.23. The van der Waals surface area contributed by atoms with Gasteiger partial charge in [-0.2, -0.15) is 0 Å². The molecular formula is C13H17NO3. The maximum absolute atomic E-state index is 11.7. The standard InChI is InChI=1S/C11H11NO3.C2H6/c1-4-5-8-7(2)12(3)6-9(10(8)13)11(14)15;1-2/h4-6H,1-2H2,3H3,(H,14,15);1-2H3/b8-5+;. The van der Waals surface area contributed by atoms with Gasteiger partial charge < -0.3 is 9.67 Å². The molecule has 0 aliphatic carbocycles. The van der Waals surface area contributed by atoms with Gasteiger partial charge in [0.25, 0.3) is 0 Å². The molecule has 17 heavy (non-hydrogen) atoms. The van der Waals surface area contributed by atoms with Gasteiger partial charge in [-0.3, -0.25) is 4.79 Å². The van der Waals surface area contributed by atoms with E-state index in [1.807, 2.05) is 13.8 Å². The first-order chi connectivity index (χ1) is 7.99. The predicted octanol–water partition coefficient (Wildman–Crippen LogP) is 0.486. The van der Waals surface area contributed by atoms with E-state index in [1.54, 1.807) is 7.05 Å². The summed E-state index contributed by atoms with van der Waals surface area (Å²) in [6, 6.07) is 0. The summed E-state index contributed by atoms with van der Waals surface area (Å²) < 4.78 is 1.50. The Hall–Kier alpha value is -2.10. The molecule has 0 bridgehead atoms. The molecule has 0 spiro atoms. The average molecular weight is 235 g/mol. The van der Waals surface area contributed by atoms with Crippen molar-refractivity contribution >= 4 is 18.6 Å². The van der Waals surface area contributed by atoms with Crippen LogP contribution in [0.1, 0.15) is 24.2 Å². The van der Waals surface area contributed by atoms with Crippen molar-refractivity contribution in [3.05, 3.63) is 45.2 Å². The SMILES string of the molecule is C=C/C=c1/c(=O)c(C(=O)O)cn(C)c1=C.CC.